The maximum Gasteiger partial charge on any atom is 0.313 e. The molecule has 1 fully saturated rings. The molecule has 0 aliphatic carbocycles. The van der Waals surface area contributed by atoms with Crippen LogP contribution >= 0.6 is 0 Å². The lowest BCUT2D eigenvalue weighted by atomic mass is 10.1. The lowest BCUT2D eigenvalue weighted by molar-refractivity contribution is 0.0988. The molecule has 0 spiro atoms. The monoisotopic (exact) mass is 391 g/mol. The van der Waals surface area contributed by atoms with Crippen LogP contribution < -0.4 is 10.2 Å². The number of hydrogen-bond donors (Lipinski definition) is 1. The molecule has 29 heavy (non-hydrogen) atoms. The Morgan fingerprint density at radius 2 is 1.69 bits per heavy atom. The van der Waals surface area contributed by atoms with Crippen molar-refractivity contribution in [3.05, 3.63) is 71.9 Å². The molecule has 0 saturated carbocycles. The average Bonchev–Trinajstić information content (AvgIpc) is 3.24. The molecular formula is C22H25N5O2. The molecule has 0 bridgehead atoms. The van der Waals surface area contributed by atoms with Gasteiger partial charge in [-0.25, -0.2) is 0 Å². The van der Waals surface area contributed by atoms with Gasteiger partial charge in [0.25, 0.3) is 0 Å². The Balaban J connectivity index is 1.31. The first-order chi connectivity index (χ1) is 14.2. The van der Waals surface area contributed by atoms with Crippen molar-refractivity contribution in [1.29, 1.82) is 0 Å². The minimum absolute atomic E-state index is 0.0174. The summed E-state index contributed by atoms with van der Waals surface area (Å²) < 4.78 is 5.52. The molecule has 1 saturated heterocycles. The zero-order chi connectivity index (χ0) is 20.1. The van der Waals surface area contributed by atoms with Crippen LogP contribution in [0.25, 0.3) is 0 Å². The van der Waals surface area contributed by atoms with E-state index in [0.717, 1.165) is 38.3 Å². The lowest BCUT2D eigenvalue weighted by Crippen LogP contribution is -2.44. The fourth-order valence-electron chi connectivity index (χ4n) is 3.35. The van der Waals surface area contributed by atoms with Crippen LogP contribution in [0.2, 0.25) is 0 Å². The molecule has 2 aromatic carbocycles. The molecule has 0 radical (unpaired) electrons. The van der Waals surface area contributed by atoms with Crippen molar-refractivity contribution < 1.29 is 9.21 Å². The number of aryl methyl sites for hydroxylation is 2. The highest BCUT2D eigenvalue weighted by Gasteiger charge is 2.16. The predicted octanol–water partition coefficient (Wildman–Crippen LogP) is 2.86. The number of hydrogen-bond acceptors (Lipinski definition) is 6. The van der Waals surface area contributed by atoms with Gasteiger partial charge in [-0.05, 0) is 43.3 Å². The van der Waals surface area contributed by atoms with Gasteiger partial charge in [0.05, 0.1) is 0 Å². The molecule has 1 amide bonds. The number of nitrogens with zero attached hydrogens (tertiary/aromatic N) is 4. The highest BCUT2D eigenvalue weighted by molar-refractivity contribution is 6.00. The largest absolute Gasteiger partial charge is 0.417 e. The minimum Gasteiger partial charge on any atom is -0.417 e. The van der Waals surface area contributed by atoms with Crippen molar-refractivity contribution in [3.8, 4) is 0 Å². The molecule has 7 heteroatoms. The van der Waals surface area contributed by atoms with Gasteiger partial charge in [0.1, 0.15) is 0 Å². The molecule has 0 atom stereocenters. The molecule has 7 nitrogen and oxygen atoms in total. The van der Waals surface area contributed by atoms with Gasteiger partial charge in [-0.3, -0.25) is 4.79 Å². The van der Waals surface area contributed by atoms with Crippen molar-refractivity contribution >= 4 is 17.3 Å². The highest BCUT2D eigenvalue weighted by Crippen LogP contribution is 2.20. The smallest absolute Gasteiger partial charge is 0.313 e. The summed E-state index contributed by atoms with van der Waals surface area (Å²) in [7, 11) is 2.14. The first-order valence-corrected chi connectivity index (χ1v) is 9.88. The van der Waals surface area contributed by atoms with E-state index in [4.69, 9.17) is 4.42 Å². The molecule has 1 aliphatic heterocycles. The summed E-state index contributed by atoms with van der Waals surface area (Å²) in [5.41, 5.74) is 3.06. The molecule has 1 aromatic heterocycles. The Morgan fingerprint density at radius 3 is 2.41 bits per heavy atom. The zero-order valence-electron chi connectivity index (χ0n) is 16.5. The van der Waals surface area contributed by atoms with Crippen LogP contribution in [-0.4, -0.2) is 54.2 Å². The Bertz CT molecular complexity index is 931. The van der Waals surface area contributed by atoms with Crippen LogP contribution in [-0.2, 0) is 12.8 Å². The van der Waals surface area contributed by atoms with E-state index in [1.165, 1.54) is 5.56 Å². The van der Waals surface area contributed by atoms with Crippen molar-refractivity contribution in [1.82, 2.24) is 15.1 Å². The third kappa shape index (κ3) is 5.00. The number of likely N-dealkylation sites (N-methyl/N-ethyl adjacent to an activating group) is 1. The van der Waals surface area contributed by atoms with E-state index in [2.05, 4.69) is 44.5 Å². The second-order valence-corrected chi connectivity index (χ2v) is 7.28. The summed E-state index contributed by atoms with van der Waals surface area (Å²) in [4.78, 5) is 17.1. The maximum absolute atomic E-state index is 12.4. The number of carbonyl (C=O) groups is 1. The number of rotatable bonds is 6. The summed E-state index contributed by atoms with van der Waals surface area (Å²) >= 11 is 0. The summed E-state index contributed by atoms with van der Waals surface area (Å²) in [6.07, 6.45) is 1.39. The van der Waals surface area contributed by atoms with Crippen molar-refractivity contribution in [3.63, 3.8) is 0 Å². The molecule has 0 unspecified atom stereocenters. The molecule has 4 rings (SSSR count). The highest BCUT2D eigenvalue weighted by atomic mass is 16.4. The molecule has 150 valence electrons. The van der Waals surface area contributed by atoms with Crippen molar-refractivity contribution in [2.45, 2.75) is 12.8 Å². The van der Waals surface area contributed by atoms with E-state index < -0.39 is 5.91 Å². The number of aromatic nitrogens is 2. The van der Waals surface area contributed by atoms with Crippen LogP contribution in [0.3, 0.4) is 0 Å². The normalized spacial score (nSPS) is 14.7. The SMILES string of the molecule is CN1CCN(c2ccc(NC(=O)c3nnc(CCc4ccccc4)o3)cc2)CC1. The van der Waals surface area contributed by atoms with Gasteiger partial charge in [0.15, 0.2) is 0 Å². The fourth-order valence-corrected chi connectivity index (χ4v) is 3.35. The Morgan fingerprint density at radius 1 is 0.966 bits per heavy atom. The van der Waals surface area contributed by atoms with Crippen LogP contribution in [0.5, 0.6) is 0 Å². The van der Waals surface area contributed by atoms with Gasteiger partial charge in [-0.2, -0.15) is 0 Å². The molecular weight excluding hydrogens is 366 g/mol. The third-order valence-electron chi connectivity index (χ3n) is 5.13. The minimum atomic E-state index is -0.393. The van der Waals surface area contributed by atoms with Crippen molar-refractivity contribution in [2.24, 2.45) is 0 Å². The predicted molar refractivity (Wildman–Crippen MR) is 112 cm³/mol. The number of benzene rings is 2. The van der Waals surface area contributed by atoms with Gasteiger partial charge in [-0.1, -0.05) is 30.3 Å². The van der Waals surface area contributed by atoms with Gasteiger partial charge >= 0.3 is 11.8 Å². The summed E-state index contributed by atoms with van der Waals surface area (Å²) in [5, 5.41) is 10.7. The van der Waals surface area contributed by atoms with Gasteiger partial charge < -0.3 is 19.5 Å². The number of carbonyl (C=O) groups excluding carboxylic acids is 1. The van der Waals surface area contributed by atoms with E-state index in [9.17, 15) is 4.79 Å². The fraction of sp³-hybridized carbons (Fsp3) is 0.318. The standard InChI is InChI=1S/C22H25N5O2/c1-26-13-15-27(16-14-26)19-10-8-18(9-11-19)23-21(28)22-25-24-20(29-22)12-7-17-5-3-2-4-6-17/h2-6,8-11H,7,12-16H2,1H3,(H,23,28). The van der Waals surface area contributed by atoms with Crippen LogP contribution in [0.4, 0.5) is 11.4 Å². The van der Waals surface area contributed by atoms with Crippen molar-refractivity contribution in [2.75, 3.05) is 43.4 Å². The van der Waals surface area contributed by atoms with Gasteiger partial charge in [0, 0.05) is 44.0 Å². The van der Waals surface area contributed by atoms with Crippen LogP contribution in [0.1, 0.15) is 22.1 Å². The van der Waals surface area contributed by atoms with Gasteiger partial charge in [0.2, 0.25) is 5.89 Å². The molecule has 3 aromatic rings. The second kappa shape index (κ2) is 8.87. The molecule has 1 aliphatic rings. The number of nitrogens with one attached hydrogen (secondary N) is 1. The quantitative estimate of drug-likeness (QED) is 0.697. The van der Waals surface area contributed by atoms with Gasteiger partial charge in [-0.15, -0.1) is 10.2 Å². The summed E-state index contributed by atoms with van der Waals surface area (Å²) in [6.45, 7) is 4.14. The number of anilines is 2. The van der Waals surface area contributed by atoms with Crippen LogP contribution in [0.15, 0.2) is 59.0 Å². The average molecular weight is 391 g/mol. The second-order valence-electron chi connectivity index (χ2n) is 7.28. The molecule has 2 heterocycles. The van der Waals surface area contributed by atoms with E-state index in [1.807, 2.05) is 42.5 Å². The topological polar surface area (TPSA) is 74.5 Å². The Labute approximate surface area is 170 Å². The first kappa shape index (κ1) is 19.1. The zero-order valence-corrected chi connectivity index (χ0v) is 16.5. The van der Waals surface area contributed by atoms with Crippen LogP contribution in [0, 0.1) is 0 Å². The summed E-state index contributed by atoms with van der Waals surface area (Å²) in [6, 6.07) is 17.9. The number of piperazine rings is 1. The lowest BCUT2D eigenvalue weighted by Gasteiger charge is -2.34. The van der Waals surface area contributed by atoms with E-state index >= 15 is 0 Å². The van der Waals surface area contributed by atoms with E-state index in [-0.39, 0.29) is 5.89 Å². The summed E-state index contributed by atoms with van der Waals surface area (Å²) in [5.74, 6) is 0.0523. The molecule has 1 N–H and O–H groups in total. The third-order valence-corrected chi connectivity index (χ3v) is 5.13. The first-order valence-electron chi connectivity index (χ1n) is 9.88. The Hall–Kier alpha value is -3.19. The Kier molecular flexibility index (Phi) is 5.86. The van der Waals surface area contributed by atoms with E-state index in [0.29, 0.717) is 18.0 Å². The maximum atomic E-state index is 12.4. The van der Waals surface area contributed by atoms with E-state index in [1.54, 1.807) is 0 Å². The number of amides is 1.